The van der Waals surface area contributed by atoms with Crippen LogP contribution in [0.15, 0.2) is 55.1 Å². The maximum atomic E-state index is 13.2. The fraction of sp³-hybridized carbons (Fsp3) is 0.320. The van der Waals surface area contributed by atoms with Gasteiger partial charge in [-0.25, -0.2) is 0 Å². The molecule has 0 bridgehead atoms. The topological polar surface area (TPSA) is 95.9 Å². The summed E-state index contributed by atoms with van der Waals surface area (Å²) in [5, 5.41) is 12.7. The maximum absolute atomic E-state index is 13.2. The van der Waals surface area contributed by atoms with Crippen molar-refractivity contribution in [2.24, 2.45) is 5.92 Å². The Bertz CT molecular complexity index is 1060. The quantitative estimate of drug-likeness (QED) is 0.678. The molecule has 0 radical (unpaired) electrons. The first-order chi connectivity index (χ1) is 15.5. The van der Waals surface area contributed by atoms with E-state index >= 15 is 0 Å². The first kappa shape index (κ1) is 21.8. The first-order valence-electron chi connectivity index (χ1n) is 10.7. The molecule has 0 aliphatic carbocycles. The highest BCUT2D eigenvalue weighted by molar-refractivity contribution is 6.03. The summed E-state index contributed by atoms with van der Waals surface area (Å²) < 4.78 is 5.40. The number of amides is 2. The summed E-state index contributed by atoms with van der Waals surface area (Å²) in [7, 11) is 0. The minimum atomic E-state index is -0.957. The van der Waals surface area contributed by atoms with E-state index in [1.807, 2.05) is 12.1 Å². The zero-order chi connectivity index (χ0) is 22.7. The van der Waals surface area contributed by atoms with Gasteiger partial charge in [-0.15, -0.1) is 0 Å². The number of hydrogen-bond donors (Lipinski definition) is 2. The van der Waals surface area contributed by atoms with E-state index in [0.717, 1.165) is 24.0 Å². The molecule has 0 spiro atoms. The zero-order valence-corrected chi connectivity index (χ0v) is 17.8. The van der Waals surface area contributed by atoms with Crippen molar-refractivity contribution in [2.75, 3.05) is 31.6 Å². The Morgan fingerprint density at radius 2 is 1.91 bits per heavy atom. The van der Waals surface area contributed by atoms with E-state index in [4.69, 9.17) is 4.74 Å². The highest BCUT2D eigenvalue weighted by Crippen LogP contribution is 2.35. The number of para-hydroxylation sites is 1. The van der Waals surface area contributed by atoms with E-state index < -0.39 is 11.9 Å². The van der Waals surface area contributed by atoms with Gasteiger partial charge in [0.05, 0.1) is 0 Å². The van der Waals surface area contributed by atoms with E-state index in [9.17, 15) is 19.5 Å². The van der Waals surface area contributed by atoms with Gasteiger partial charge in [0.25, 0.3) is 5.91 Å². The molecule has 0 aromatic heterocycles. The van der Waals surface area contributed by atoms with Gasteiger partial charge < -0.3 is 20.1 Å². The molecule has 2 aromatic rings. The van der Waals surface area contributed by atoms with Gasteiger partial charge in [-0.3, -0.25) is 14.4 Å². The average molecular weight is 434 g/mol. The number of hydrogen-bond acceptors (Lipinski definition) is 4. The number of nitrogens with zero attached hydrogens (tertiary/aromatic N) is 1. The van der Waals surface area contributed by atoms with Gasteiger partial charge in [-0.2, -0.15) is 0 Å². The van der Waals surface area contributed by atoms with Crippen molar-refractivity contribution in [1.29, 1.82) is 0 Å². The summed E-state index contributed by atoms with van der Waals surface area (Å²) in [5.74, 6) is -1.91. The molecule has 0 saturated carbocycles. The van der Waals surface area contributed by atoms with Crippen LogP contribution in [-0.4, -0.2) is 54.1 Å². The van der Waals surface area contributed by atoms with Gasteiger partial charge in [0.15, 0.2) is 0 Å². The van der Waals surface area contributed by atoms with Gasteiger partial charge in [0.2, 0.25) is 5.91 Å². The van der Waals surface area contributed by atoms with Gasteiger partial charge in [0.1, 0.15) is 5.92 Å². The second-order valence-electron chi connectivity index (χ2n) is 8.20. The second-order valence-corrected chi connectivity index (χ2v) is 8.20. The average Bonchev–Trinajstić information content (AvgIpc) is 2.81. The monoisotopic (exact) mass is 434 g/mol. The Morgan fingerprint density at radius 3 is 2.62 bits per heavy atom. The van der Waals surface area contributed by atoms with E-state index in [1.54, 1.807) is 35.2 Å². The molecular weight excluding hydrogens is 408 g/mol. The van der Waals surface area contributed by atoms with Crippen LogP contribution in [0.1, 0.15) is 34.7 Å². The number of rotatable bonds is 6. The second kappa shape index (κ2) is 9.36. The predicted molar refractivity (Wildman–Crippen MR) is 121 cm³/mol. The summed E-state index contributed by atoms with van der Waals surface area (Å²) in [6, 6.07) is 12.5. The van der Waals surface area contributed by atoms with Crippen LogP contribution >= 0.6 is 0 Å². The SMILES string of the molecule is C=CC(=O)Nc1ccccc1-c1ccc2c(c1)C(C(=O)O)CN(CC1CCOCC1)C2=O. The number of aliphatic carboxylic acids is 1. The standard InChI is InChI=1S/C25H26N2O5/c1-2-23(28)26-22-6-4-3-5-18(22)17-7-8-19-20(13-17)21(25(30)31)15-27(24(19)29)14-16-9-11-32-12-10-16/h2-8,13,16,21H,1,9-12,14-15H2,(H,26,28)(H,30,31). The number of anilines is 1. The van der Waals surface area contributed by atoms with Crippen LogP contribution in [0.25, 0.3) is 11.1 Å². The molecule has 7 heteroatoms. The van der Waals surface area contributed by atoms with Crippen LogP contribution in [0.2, 0.25) is 0 Å². The Labute approximate surface area is 186 Å². The predicted octanol–water partition coefficient (Wildman–Crippen LogP) is 3.53. The minimum absolute atomic E-state index is 0.135. The number of carbonyl (C=O) groups is 3. The molecule has 1 unspecified atom stereocenters. The highest BCUT2D eigenvalue weighted by atomic mass is 16.5. The summed E-state index contributed by atoms with van der Waals surface area (Å²) >= 11 is 0. The summed E-state index contributed by atoms with van der Waals surface area (Å²) in [5.41, 5.74) is 3.00. The maximum Gasteiger partial charge on any atom is 0.312 e. The number of carbonyl (C=O) groups excluding carboxylic acids is 2. The number of ether oxygens (including phenoxy) is 1. The van der Waals surface area contributed by atoms with Crippen LogP contribution in [0, 0.1) is 5.92 Å². The smallest absolute Gasteiger partial charge is 0.312 e. The van der Waals surface area contributed by atoms with E-state index in [1.165, 1.54) is 6.08 Å². The van der Waals surface area contributed by atoms with Gasteiger partial charge >= 0.3 is 5.97 Å². The molecule has 32 heavy (non-hydrogen) atoms. The largest absolute Gasteiger partial charge is 0.481 e. The van der Waals surface area contributed by atoms with Crippen molar-refractivity contribution in [2.45, 2.75) is 18.8 Å². The Kier molecular flexibility index (Phi) is 6.37. The van der Waals surface area contributed by atoms with E-state index in [0.29, 0.717) is 42.5 Å². The number of carboxylic acids is 1. The van der Waals surface area contributed by atoms with Crippen LogP contribution in [0.3, 0.4) is 0 Å². The lowest BCUT2D eigenvalue weighted by molar-refractivity contribution is -0.139. The number of fused-ring (bicyclic) bond motifs is 1. The van der Waals surface area contributed by atoms with Crippen LogP contribution in [0.4, 0.5) is 5.69 Å². The minimum Gasteiger partial charge on any atom is -0.481 e. The molecule has 2 aromatic carbocycles. The molecule has 2 aliphatic heterocycles. The van der Waals surface area contributed by atoms with Crippen LogP contribution in [0.5, 0.6) is 0 Å². The summed E-state index contributed by atoms with van der Waals surface area (Å²) in [6.07, 6.45) is 2.94. The van der Waals surface area contributed by atoms with Crippen molar-refractivity contribution >= 4 is 23.5 Å². The van der Waals surface area contributed by atoms with Crippen LogP contribution < -0.4 is 5.32 Å². The van der Waals surface area contributed by atoms with Crippen molar-refractivity contribution in [3.05, 3.63) is 66.2 Å². The molecule has 1 fully saturated rings. The fourth-order valence-electron chi connectivity index (χ4n) is 4.42. The molecular formula is C25H26N2O5. The molecule has 2 heterocycles. The Hall–Kier alpha value is -3.45. The molecule has 2 aliphatic rings. The fourth-order valence-corrected chi connectivity index (χ4v) is 4.42. The molecule has 7 nitrogen and oxygen atoms in total. The van der Waals surface area contributed by atoms with Gasteiger partial charge in [-0.05, 0) is 54.2 Å². The molecule has 166 valence electrons. The number of nitrogens with one attached hydrogen (secondary N) is 1. The Morgan fingerprint density at radius 1 is 1.16 bits per heavy atom. The third-order valence-electron chi connectivity index (χ3n) is 6.15. The third-order valence-corrected chi connectivity index (χ3v) is 6.15. The summed E-state index contributed by atoms with van der Waals surface area (Å²) in [4.78, 5) is 38.8. The van der Waals surface area contributed by atoms with Crippen molar-refractivity contribution in [3.8, 4) is 11.1 Å². The molecule has 1 atom stereocenters. The molecule has 2 N–H and O–H groups in total. The molecule has 1 saturated heterocycles. The number of carboxylic acid groups (broad SMARTS) is 1. The lowest BCUT2D eigenvalue weighted by Gasteiger charge is -2.36. The van der Waals surface area contributed by atoms with Crippen molar-refractivity contribution in [1.82, 2.24) is 4.90 Å². The van der Waals surface area contributed by atoms with Crippen molar-refractivity contribution < 1.29 is 24.2 Å². The zero-order valence-electron chi connectivity index (χ0n) is 17.8. The summed E-state index contributed by atoms with van der Waals surface area (Å²) in [6.45, 7) is 5.53. The molecule has 4 rings (SSSR count). The van der Waals surface area contributed by atoms with E-state index in [2.05, 4.69) is 11.9 Å². The van der Waals surface area contributed by atoms with Gasteiger partial charge in [-0.1, -0.05) is 30.8 Å². The lowest BCUT2D eigenvalue weighted by Crippen LogP contribution is -2.45. The highest BCUT2D eigenvalue weighted by Gasteiger charge is 2.36. The van der Waals surface area contributed by atoms with Crippen molar-refractivity contribution in [3.63, 3.8) is 0 Å². The lowest BCUT2D eigenvalue weighted by atomic mass is 9.85. The molecule has 2 amide bonds. The number of benzene rings is 2. The third kappa shape index (κ3) is 4.43. The first-order valence-corrected chi connectivity index (χ1v) is 10.7. The van der Waals surface area contributed by atoms with Gasteiger partial charge in [0, 0.05) is 43.1 Å². The normalized spacial score (nSPS) is 18.7. The Balaban J connectivity index is 1.68. The van der Waals surface area contributed by atoms with Crippen LogP contribution in [-0.2, 0) is 14.3 Å². The van der Waals surface area contributed by atoms with E-state index in [-0.39, 0.29) is 18.4 Å².